The van der Waals surface area contributed by atoms with Crippen molar-refractivity contribution in [2.24, 2.45) is 5.73 Å². The van der Waals surface area contributed by atoms with Crippen molar-refractivity contribution in [1.82, 2.24) is 10.0 Å². The summed E-state index contributed by atoms with van der Waals surface area (Å²) in [7, 11) is 0. The second-order valence-corrected chi connectivity index (χ2v) is 5.32. The minimum Gasteiger partial charge on any atom is -0.326 e. The molecule has 3 unspecified atom stereocenters. The Bertz CT molecular complexity index is 197. The first-order valence-corrected chi connectivity index (χ1v) is 6.47. The van der Waals surface area contributed by atoms with Crippen LogP contribution in [0, 0.1) is 0 Å². The van der Waals surface area contributed by atoms with Crippen LogP contribution in [0.25, 0.3) is 0 Å². The zero-order valence-corrected chi connectivity index (χ0v) is 10.2. The molecule has 0 radical (unpaired) electrons. The van der Waals surface area contributed by atoms with E-state index in [1.807, 2.05) is 0 Å². The van der Waals surface area contributed by atoms with Crippen molar-refractivity contribution in [2.75, 3.05) is 13.1 Å². The topological polar surface area (TPSA) is 32.5 Å². The first kappa shape index (κ1) is 11.4. The molecule has 0 bridgehead atoms. The van der Waals surface area contributed by atoms with Gasteiger partial charge in [0.1, 0.15) is 0 Å². The lowest BCUT2D eigenvalue weighted by atomic mass is 9.98. The molecule has 2 rings (SSSR count). The molecule has 88 valence electrons. The molecule has 0 aromatic carbocycles. The molecule has 0 aromatic heterocycles. The molecule has 0 aromatic rings. The maximum Gasteiger partial charge on any atom is 0.0285 e. The fourth-order valence-corrected chi connectivity index (χ4v) is 3.16. The van der Waals surface area contributed by atoms with Gasteiger partial charge in [-0.05, 0) is 39.5 Å². The highest BCUT2D eigenvalue weighted by Gasteiger charge is 2.31. The van der Waals surface area contributed by atoms with Crippen LogP contribution < -0.4 is 5.73 Å². The molecule has 2 aliphatic rings. The predicted molar refractivity (Wildman–Crippen MR) is 63.4 cm³/mol. The average Bonchev–Trinajstić information content (AvgIpc) is 2.17. The molecule has 0 saturated carbocycles. The van der Waals surface area contributed by atoms with Crippen LogP contribution in [0.5, 0.6) is 0 Å². The minimum atomic E-state index is 0.389. The van der Waals surface area contributed by atoms with Crippen LogP contribution >= 0.6 is 0 Å². The molecule has 15 heavy (non-hydrogen) atoms. The Labute approximate surface area is 93.6 Å². The average molecular weight is 211 g/mol. The summed E-state index contributed by atoms with van der Waals surface area (Å²) in [5.74, 6) is 0. The van der Waals surface area contributed by atoms with E-state index in [0.717, 1.165) is 6.54 Å². The van der Waals surface area contributed by atoms with Crippen LogP contribution in [-0.2, 0) is 0 Å². The lowest BCUT2D eigenvalue weighted by Gasteiger charge is -2.48. The van der Waals surface area contributed by atoms with Crippen LogP contribution in [0.3, 0.4) is 0 Å². The van der Waals surface area contributed by atoms with E-state index in [4.69, 9.17) is 5.73 Å². The van der Waals surface area contributed by atoms with Gasteiger partial charge >= 0.3 is 0 Å². The molecule has 0 amide bonds. The largest absolute Gasteiger partial charge is 0.326 e. The van der Waals surface area contributed by atoms with Crippen LogP contribution in [0.1, 0.15) is 46.0 Å². The van der Waals surface area contributed by atoms with Gasteiger partial charge in [-0.3, -0.25) is 0 Å². The molecule has 3 heteroatoms. The van der Waals surface area contributed by atoms with Gasteiger partial charge in [0.15, 0.2) is 0 Å². The fourth-order valence-electron chi connectivity index (χ4n) is 3.16. The summed E-state index contributed by atoms with van der Waals surface area (Å²) >= 11 is 0. The molecule has 2 N–H and O–H groups in total. The van der Waals surface area contributed by atoms with Crippen molar-refractivity contribution in [1.29, 1.82) is 0 Å². The smallest absolute Gasteiger partial charge is 0.0285 e. The van der Waals surface area contributed by atoms with E-state index in [-0.39, 0.29) is 0 Å². The molecule has 3 atom stereocenters. The normalized spacial score (nSPS) is 40.6. The quantitative estimate of drug-likeness (QED) is 0.715. The van der Waals surface area contributed by atoms with Crippen molar-refractivity contribution in [3.63, 3.8) is 0 Å². The maximum atomic E-state index is 6.05. The van der Waals surface area contributed by atoms with E-state index in [9.17, 15) is 0 Å². The van der Waals surface area contributed by atoms with E-state index >= 15 is 0 Å². The van der Waals surface area contributed by atoms with E-state index in [1.54, 1.807) is 0 Å². The second kappa shape index (κ2) is 4.81. The van der Waals surface area contributed by atoms with E-state index in [0.29, 0.717) is 18.1 Å². The van der Waals surface area contributed by atoms with Crippen molar-refractivity contribution in [2.45, 2.75) is 64.1 Å². The van der Waals surface area contributed by atoms with Crippen LogP contribution in [0.2, 0.25) is 0 Å². The Morgan fingerprint density at radius 2 is 1.67 bits per heavy atom. The zero-order valence-electron chi connectivity index (χ0n) is 10.2. The molecular weight excluding hydrogens is 186 g/mol. The molecule has 3 nitrogen and oxygen atoms in total. The summed E-state index contributed by atoms with van der Waals surface area (Å²) < 4.78 is 0. The SMILES string of the molecule is CC1CCCC(C)N1N1CCCC(N)C1. The van der Waals surface area contributed by atoms with Gasteiger partial charge in [0.25, 0.3) is 0 Å². The highest BCUT2D eigenvalue weighted by molar-refractivity contribution is 4.82. The highest BCUT2D eigenvalue weighted by atomic mass is 15.6. The molecular formula is C12H25N3. The Kier molecular flexibility index (Phi) is 3.65. The van der Waals surface area contributed by atoms with Gasteiger partial charge in [-0.15, -0.1) is 0 Å². The number of nitrogens with zero attached hydrogens (tertiary/aromatic N) is 2. The Balaban J connectivity index is 1.99. The maximum absolute atomic E-state index is 6.05. The van der Waals surface area contributed by atoms with Crippen LogP contribution in [0.4, 0.5) is 0 Å². The number of rotatable bonds is 1. The van der Waals surface area contributed by atoms with Gasteiger partial charge in [-0.2, -0.15) is 0 Å². The summed E-state index contributed by atoms with van der Waals surface area (Å²) in [6, 6.07) is 1.80. The Hall–Kier alpha value is -0.120. The van der Waals surface area contributed by atoms with Crippen LogP contribution in [-0.4, -0.2) is 41.2 Å². The lowest BCUT2D eigenvalue weighted by Crippen LogP contribution is -2.58. The summed E-state index contributed by atoms with van der Waals surface area (Å²) in [5, 5.41) is 5.12. The summed E-state index contributed by atoms with van der Waals surface area (Å²) in [6.45, 7) is 6.99. The summed E-state index contributed by atoms with van der Waals surface area (Å²) in [5.41, 5.74) is 6.05. The number of nitrogens with two attached hydrogens (primary N) is 1. The molecule has 2 fully saturated rings. The van der Waals surface area contributed by atoms with Gasteiger partial charge in [0.2, 0.25) is 0 Å². The lowest BCUT2D eigenvalue weighted by molar-refractivity contribution is -0.116. The number of hydrogen-bond donors (Lipinski definition) is 1. The predicted octanol–water partition coefficient (Wildman–Crippen LogP) is 1.59. The van der Waals surface area contributed by atoms with Gasteiger partial charge in [0, 0.05) is 31.2 Å². The third-order valence-electron chi connectivity index (χ3n) is 3.91. The minimum absolute atomic E-state index is 0.389. The number of hydrazine groups is 1. The van der Waals surface area contributed by atoms with Gasteiger partial charge in [-0.1, -0.05) is 6.42 Å². The summed E-state index contributed by atoms with van der Waals surface area (Å²) in [6.07, 6.45) is 6.54. The third-order valence-corrected chi connectivity index (χ3v) is 3.91. The molecule has 0 aliphatic carbocycles. The van der Waals surface area contributed by atoms with Crippen molar-refractivity contribution < 1.29 is 0 Å². The van der Waals surface area contributed by atoms with E-state index < -0.39 is 0 Å². The molecule has 2 heterocycles. The highest BCUT2D eigenvalue weighted by Crippen LogP contribution is 2.26. The van der Waals surface area contributed by atoms with E-state index in [1.165, 1.54) is 38.6 Å². The molecule has 2 saturated heterocycles. The zero-order chi connectivity index (χ0) is 10.8. The molecule has 0 spiro atoms. The Morgan fingerprint density at radius 1 is 1.00 bits per heavy atom. The number of piperidine rings is 2. The summed E-state index contributed by atoms with van der Waals surface area (Å²) in [4.78, 5) is 0. The Morgan fingerprint density at radius 3 is 2.27 bits per heavy atom. The molecule has 2 aliphatic heterocycles. The first-order chi connectivity index (χ1) is 7.18. The van der Waals surface area contributed by atoms with Crippen molar-refractivity contribution in [3.8, 4) is 0 Å². The first-order valence-electron chi connectivity index (χ1n) is 6.47. The van der Waals surface area contributed by atoms with Gasteiger partial charge < -0.3 is 5.73 Å². The standard InChI is InChI=1S/C12H25N3/c1-10-5-3-6-11(2)15(10)14-8-4-7-12(13)9-14/h10-12H,3-9,13H2,1-2H3. The van der Waals surface area contributed by atoms with Crippen molar-refractivity contribution >= 4 is 0 Å². The van der Waals surface area contributed by atoms with Crippen LogP contribution in [0.15, 0.2) is 0 Å². The third kappa shape index (κ3) is 2.52. The van der Waals surface area contributed by atoms with E-state index in [2.05, 4.69) is 23.9 Å². The van der Waals surface area contributed by atoms with Crippen molar-refractivity contribution in [3.05, 3.63) is 0 Å². The van der Waals surface area contributed by atoms with Gasteiger partial charge in [-0.25, -0.2) is 10.0 Å². The van der Waals surface area contributed by atoms with Gasteiger partial charge in [0.05, 0.1) is 0 Å². The monoisotopic (exact) mass is 211 g/mol. The number of hydrogen-bond acceptors (Lipinski definition) is 3. The fraction of sp³-hybridized carbons (Fsp3) is 1.00. The second-order valence-electron chi connectivity index (χ2n) is 5.32.